The molecule has 1 rings (SSSR count). The highest BCUT2D eigenvalue weighted by molar-refractivity contribution is 8.16. The van der Waals surface area contributed by atoms with Gasteiger partial charge in [-0.25, -0.2) is 4.39 Å². The molecule has 0 saturated heterocycles. The molecule has 1 aromatic carbocycles. The van der Waals surface area contributed by atoms with Crippen LogP contribution in [0.4, 0.5) is 4.39 Å². The van der Waals surface area contributed by atoms with Crippen LogP contribution in [-0.4, -0.2) is 10.2 Å². The lowest BCUT2D eigenvalue weighted by Crippen LogP contribution is -2.01. The van der Waals surface area contributed by atoms with Crippen LogP contribution in [0.3, 0.4) is 0 Å². The second-order valence-electron chi connectivity index (χ2n) is 2.81. The Morgan fingerprint density at radius 3 is 2.93 bits per heavy atom. The summed E-state index contributed by atoms with van der Waals surface area (Å²) in [6.45, 7) is 1.79. The monoisotopic (exact) mass is 226 g/mol. The van der Waals surface area contributed by atoms with Crippen LogP contribution >= 0.6 is 11.8 Å². The highest BCUT2D eigenvalue weighted by Gasteiger charge is 2.12. The summed E-state index contributed by atoms with van der Waals surface area (Å²) in [6.07, 6.45) is 1.25. The van der Waals surface area contributed by atoms with E-state index in [1.165, 1.54) is 17.5 Å². The van der Waals surface area contributed by atoms with Gasteiger partial charge < -0.3 is 5.11 Å². The molecule has 4 heteroatoms. The lowest BCUT2D eigenvalue weighted by atomic mass is 10.1. The van der Waals surface area contributed by atoms with Gasteiger partial charge in [-0.3, -0.25) is 4.79 Å². The average molecular weight is 226 g/mol. The van der Waals surface area contributed by atoms with E-state index in [4.69, 9.17) is 5.11 Å². The molecule has 0 saturated carbocycles. The standard InChI is InChI=1S/C11H11FO2S/c1-2-8-9(4-3-5-10(8)12)11(14)15-7-6-13/h3-7,13H,2H2,1H3/b7-6+. The number of aliphatic hydroxyl groups excluding tert-OH is 1. The van der Waals surface area contributed by atoms with Crippen LogP contribution in [-0.2, 0) is 6.42 Å². The second kappa shape index (κ2) is 5.56. The highest BCUT2D eigenvalue weighted by atomic mass is 32.2. The number of rotatable bonds is 3. The van der Waals surface area contributed by atoms with Crippen molar-refractivity contribution in [3.8, 4) is 0 Å². The molecule has 1 aromatic rings. The first-order chi connectivity index (χ1) is 7.20. The van der Waals surface area contributed by atoms with Gasteiger partial charge in [0, 0.05) is 11.0 Å². The number of carbonyl (C=O) groups is 1. The predicted molar refractivity (Wildman–Crippen MR) is 59.5 cm³/mol. The van der Waals surface area contributed by atoms with E-state index in [9.17, 15) is 9.18 Å². The number of hydrogen-bond donors (Lipinski definition) is 1. The molecule has 0 aromatic heterocycles. The molecule has 0 spiro atoms. The van der Waals surface area contributed by atoms with Crippen molar-refractivity contribution in [1.82, 2.24) is 0 Å². The third-order valence-corrected chi connectivity index (χ3v) is 2.62. The minimum Gasteiger partial charge on any atom is -0.515 e. The zero-order valence-electron chi connectivity index (χ0n) is 8.24. The fourth-order valence-electron chi connectivity index (χ4n) is 1.26. The Balaban J connectivity index is 3.02. The summed E-state index contributed by atoms with van der Waals surface area (Å²) in [5, 5.41) is 9.41. The predicted octanol–water partition coefficient (Wildman–Crippen LogP) is 3.29. The number of halogens is 1. The Bertz CT molecular complexity index is 388. The number of benzene rings is 1. The van der Waals surface area contributed by atoms with Gasteiger partial charge in [0.2, 0.25) is 5.12 Å². The summed E-state index contributed by atoms with van der Waals surface area (Å²) in [6, 6.07) is 4.43. The van der Waals surface area contributed by atoms with Crippen molar-refractivity contribution >= 4 is 16.9 Å². The normalized spacial score (nSPS) is 10.8. The fourth-order valence-corrected chi connectivity index (χ4v) is 1.77. The van der Waals surface area contributed by atoms with Gasteiger partial charge in [0.05, 0.1) is 6.26 Å². The molecule has 0 atom stereocenters. The first-order valence-electron chi connectivity index (χ1n) is 4.48. The maximum atomic E-state index is 13.3. The lowest BCUT2D eigenvalue weighted by molar-refractivity contribution is 0.108. The van der Waals surface area contributed by atoms with Crippen molar-refractivity contribution in [2.24, 2.45) is 0 Å². The van der Waals surface area contributed by atoms with Gasteiger partial charge in [0.1, 0.15) is 5.82 Å². The van der Waals surface area contributed by atoms with Gasteiger partial charge in [0.15, 0.2) is 0 Å². The van der Waals surface area contributed by atoms with E-state index in [0.717, 1.165) is 18.0 Å². The molecule has 1 N–H and O–H groups in total. The first kappa shape index (κ1) is 11.8. The topological polar surface area (TPSA) is 37.3 Å². The van der Waals surface area contributed by atoms with Gasteiger partial charge >= 0.3 is 0 Å². The summed E-state index contributed by atoms with van der Waals surface area (Å²) in [5.41, 5.74) is 0.780. The quantitative estimate of drug-likeness (QED) is 0.803. The molecule has 0 unspecified atom stereocenters. The van der Waals surface area contributed by atoms with Crippen LogP contribution in [0.15, 0.2) is 29.9 Å². The molecule has 0 aliphatic rings. The van der Waals surface area contributed by atoms with Crippen molar-refractivity contribution in [2.75, 3.05) is 0 Å². The lowest BCUT2D eigenvalue weighted by Gasteiger charge is -2.05. The highest BCUT2D eigenvalue weighted by Crippen LogP contribution is 2.20. The molecule has 0 radical (unpaired) electrons. The molecule has 15 heavy (non-hydrogen) atoms. The van der Waals surface area contributed by atoms with Crippen molar-refractivity contribution < 1.29 is 14.3 Å². The molecule has 0 bridgehead atoms. The average Bonchev–Trinajstić information content (AvgIpc) is 2.25. The summed E-state index contributed by atoms with van der Waals surface area (Å²) in [7, 11) is 0. The van der Waals surface area contributed by atoms with Crippen molar-refractivity contribution in [3.63, 3.8) is 0 Å². The van der Waals surface area contributed by atoms with E-state index in [-0.39, 0.29) is 10.9 Å². The van der Waals surface area contributed by atoms with Crippen LogP contribution < -0.4 is 0 Å². The smallest absolute Gasteiger partial charge is 0.224 e. The van der Waals surface area contributed by atoms with Crippen LogP contribution in [0, 0.1) is 5.82 Å². The molecule has 0 aliphatic heterocycles. The second-order valence-corrected chi connectivity index (χ2v) is 3.69. The molecular weight excluding hydrogens is 215 g/mol. The summed E-state index contributed by atoms with van der Waals surface area (Å²) >= 11 is 0.832. The zero-order chi connectivity index (χ0) is 11.3. The SMILES string of the molecule is CCc1c(F)cccc1C(=O)S/C=C/O. The van der Waals surface area contributed by atoms with E-state index in [1.54, 1.807) is 13.0 Å². The van der Waals surface area contributed by atoms with E-state index in [1.807, 2.05) is 0 Å². The number of carbonyl (C=O) groups excluding carboxylic acids is 1. The molecule has 0 amide bonds. The van der Waals surface area contributed by atoms with E-state index in [0.29, 0.717) is 17.5 Å². The van der Waals surface area contributed by atoms with Crippen LogP contribution in [0.2, 0.25) is 0 Å². The van der Waals surface area contributed by atoms with Crippen molar-refractivity contribution in [2.45, 2.75) is 13.3 Å². The van der Waals surface area contributed by atoms with Gasteiger partial charge in [-0.1, -0.05) is 24.8 Å². The van der Waals surface area contributed by atoms with E-state index < -0.39 is 0 Å². The summed E-state index contributed by atoms with van der Waals surface area (Å²) < 4.78 is 13.3. The largest absolute Gasteiger partial charge is 0.515 e. The zero-order valence-corrected chi connectivity index (χ0v) is 9.05. The van der Waals surface area contributed by atoms with Crippen LogP contribution in [0.1, 0.15) is 22.8 Å². The minimum atomic E-state index is -0.364. The van der Waals surface area contributed by atoms with Crippen molar-refractivity contribution in [1.29, 1.82) is 0 Å². The maximum Gasteiger partial charge on any atom is 0.224 e. The Morgan fingerprint density at radius 1 is 1.60 bits per heavy atom. The number of aliphatic hydroxyl groups is 1. The summed E-state index contributed by atoms with van der Waals surface area (Å²) in [4.78, 5) is 11.6. The van der Waals surface area contributed by atoms with E-state index >= 15 is 0 Å². The molecule has 0 heterocycles. The van der Waals surface area contributed by atoms with Gasteiger partial charge in [-0.15, -0.1) is 0 Å². The Labute approximate surface area is 91.8 Å². The minimum absolute atomic E-state index is 0.267. The number of hydrogen-bond acceptors (Lipinski definition) is 3. The maximum absolute atomic E-state index is 13.3. The third-order valence-electron chi connectivity index (χ3n) is 1.93. The van der Waals surface area contributed by atoms with E-state index in [2.05, 4.69) is 0 Å². The molecule has 0 aliphatic carbocycles. The number of thioether (sulfide) groups is 1. The molecular formula is C11H11FO2S. The van der Waals surface area contributed by atoms with Gasteiger partial charge in [-0.05, 0) is 24.1 Å². The fraction of sp³-hybridized carbons (Fsp3) is 0.182. The van der Waals surface area contributed by atoms with Gasteiger partial charge in [-0.2, -0.15) is 0 Å². The summed E-state index contributed by atoms with van der Waals surface area (Å²) in [5.74, 6) is -0.364. The van der Waals surface area contributed by atoms with Crippen LogP contribution in [0.5, 0.6) is 0 Å². The van der Waals surface area contributed by atoms with Gasteiger partial charge in [0.25, 0.3) is 0 Å². The molecule has 80 valence electrons. The van der Waals surface area contributed by atoms with Crippen LogP contribution in [0.25, 0.3) is 0 Å². The Kier molecular flexibility index (Phi) is 4.37. The first-order valence-corrected chi connectivity index (χ1v) is 5.36. The Hall–Kier alpha value is -1.29. The third kappa shape index (κ3) is 2.83. The van der Waals surface area contributed by atoms with Crippen molar-refractivity contribution in [3.05, 3.63) is 46.8 Å². The Morgan fingerprint density at radius 2 is 2.33 bits per heavy atom. The molecule has 2 nitrogen and oxygen atoms in total. The molecule has 0 fully saturated rings.